The fraction of sp³-hybridized carbons (Fsp3) is 0.333. The van der Waals surface area contributed by atoms with E-state index < -0.39 is 5.92 Å². The van der Waals surface area contributed by atoms with Gasteiger partial charge >= 0.3 is 0 Å². The van der Waals surface area contributed by atoms with Gasteiger partial charge in [0.2, 0.25) is 11.8 Å². The molecule has 0 radical (unpaired) electrons. The number of imide groups is 1. The van der Waals surface area contributed by atoms with E-state index in [1.807, 2.05) is 24.3 Å². The van der Waals surface area contributed by atoms with Crippen molar-refractivity contribution in [2.24, 2.45) is 11.8 Å². The van der Waals surface area contributed by atoms with Gasteiger partial charge in [-0.1, -0.05) is 30.7 Å². The number of amides is 2. The summed E-state index contributed by atoms with van der Waals surface area (Å²) in [7, 11) is 1.59. The molecule has 1 N–H and O–H groups in total. The minimum atomic E-state index is -0.421. The van der Waals surface area contributed by atoms with Crippen LogP contribution in [0.3, 0.4) is 0 Å². The average molecular weight is 386 g/mol. The number of H-pyrrole nitrogens is 1. The molecular weight excluding hydrogens is 364 g/mol. The van der Waals surface area contributed by atoms with Crippen LogP contribution in [0, 0.1) is 11.8 Å². The number of fused-ring (bicyclic) bond motifs is 8. The molecule has 0 unspecified atom stereocenters. The number of nitrogens with zero attached hydrogens (tertiary/aromatic N) is 1. The lowest BCUT2D eigenvalue weighted by molar-refractivity contribution is -0.123. The molecule has 3 aliphatic rings. The summed E-state index contributed by atoms with van der Waals surface area (Å²) >= 11 is 0. The van der Waals surface area contributed by atoms with Gasteiger partial charge in [-0.2, -0.15) is 0 Å². The molecule has 4 atom stereocenters. The Morgan fingerprint density at radius 2 is 1.90 bits per heavy atom. The number of aromatic nitrogens is 1. The average Bonchev–Trinajstić information content (AvgIpc) is 3.42. The largest absolute Gasteiger partial charge is 0.497 e. The SMILES string of the molecule is COc1cccc(N2C(=O)[C@H]3[C@H]4CCC[C@H]4c4c([nH]c5ccccc45)[C@H]3C2=O)c1. The van der Waals surface area contributed by atoms with Gasteiger partial charge in [0.1, 0.15) is 5.75 Å². The number of rotatable bonds is 2. The van der Waals surface area contributed by atoms with Crippen molar-refractivity contribution in [1.82, 2.24) is 4.98 Å². The molecule has 0 spiro atoms. The Labute approximate surface area is 168 Å². The van der Waals surface area contributed by atoms with Crippen LogP contribution >= 0.6 is 0 Å². The molecule has 146 valence electrons. The molecule has 5 nitrogen and oxygen atoms in total. The quantitative estimate of drug-likeness (QED) is 0.666. The Balaban J connectivity index is 1.54. The van der Waals surface area contributed by atoms with E-state index >= 15 is 0 Å². The predicted octanol–water partition coefficient (Wildman–Crippen LogP) is 4.35. The van der Waals surface area contributed by atoms with E-state index in [-0.39, 0.29) is 23.7 Å². The molecule has 5 heteroatoms. The maximum Gasteiger partial charge on any atom is 0.243 e. The number of carbonyl (C=O) groups excluding carboxylic acids is 2. The number of nitrogens with one attached hydrogen (secondary N) is 1. The van der Waals surface area contributed by atoms with Crippen LogP contribution in [0.15, 0.2) is 48.5 Å². The van der Waals surface area contributed by atoms with Gasteiger partial charge in [0.25, 0.3) is 0 Å². The van der Waals surface area contributed by atoms with E-state index in [9.17, 15) is 9.59 Å². The molecule has 29 heavy (non-hydrogen) atoms. The van der Waals surface area contributed by atoms with Crippen molar-refractivity contribution in [3.05, 3.63) is 59.8 Å². The fourth-order valence-corrected chi connectivity index (χ4v) is 6.04. The highest BCUT2D eigenvalue weighted by molar-refractivity contribution is 6.24. The number of hydrogen-bond acceptors (Lipinski definition) is 3. The topological polar surface area (TPSA) is 62.4 Å². The molecule has 1 aromatic heterocycles. The summed E-state index contributed by atoms with van der Waals surface area (Å²) in [5, 5.41) is 1.21. The van der Waals surface area contributed by atoms with E-state index in [2.05, 4.69) is 23.2 Å². The Bertz CT molecular complexity index is 1160. The van der Waals surface area contributed by atoms with Crippen molar-refractivity contribution in [1.29, 1.82) is 0 Å². The van der Waals surface area contributed by atoms with Crippen LogP contribution < -0.4 is 9.64 Å². The standard InChI is InChI=1S/C24H22N2O3/c1-29-14-7-4-6-13(12-14)26-23(27)20-16-10-5-9-15(16)19-17-8-2-3-11-18(17)25-22(19)21(20)24(26)28/h2-4,6-8,11-12,15-16,20-21,25H,5,9-10H2,1H3/t15-,16+,20+,21+/m1/s1. The Kier molecular flexibility index (Phi) is 3.46. The van der Waals surface area contributed by atoms with Gasteiger partial charge < -0.3 is 9.72 Å². The van der Waals surface area contributed by atoms with Crippen molar-refractivity contribution < 1.29 is 14.3 Å². The minimum Gasteiger partial charge on any atom is -0.497 e. The Morgan fingerprint density at radius 3 is 2.76 bits per heavy atom. The highest BCUT2D eigenvalue weighted by Crippen LogP contribution is 2.58. The first kappa shape index (κ1) is 16.8. The Hall–Kier alpha value is -3.08. The van der Waals surface area contributed by atoms with Crippen LogP contribution in [-0.4, -0.2) is 23.9 Å². The maximum atomic E-state index is 13.6. The van der Waals surface area contributed by atoms with Gasteiger partial charge in [-0.3, -0.25) is 9.59 Å². The number of carbonyl (C=O) groups is 2. The van der Waals surface area contributed by atoms with Crippen LogP contribution in [0.5, 0.6) is 5.75 Å². The van der Waals surface area contributed by atoms with Gasteiger partial charge in [-0.25, -0.2) is 4.90 Å². The van der Waals surface area contributed by atoms with Crippen LogP contribution in [0.25, 0.3) is 10.9 Å². The molecular formula is C24H22N2O3. The summed E-state index contributed by atoms with van der Waals surface area (Å²) in [5.41, 5.74) is 3.89. The van der Waals surface area contributed by atoms with Gasteiger partial charge in [0.15, 0.2) is 0 Å². The highest BCUT2D eigenvalue weighted by Gasteiger charge is 2.59. The smallest absolute Gasteiger partial charge is 0.243 e. The number of benzene rings is 2. The summed E-state index contributed by atoms with van der Waals surface area (Å²) < 4.78 is 5.31. The molecule has 6 rings (SSSR count). The number of anilines is 1. The minimum absolute atomic E-state index is 0.0607. The van der Waals surface area contributed by atoms with Crippen molar-refractivity contribution in [3.63, 3.8) is 0 Å². The molecule has 2 heterocycles. The second-order valence-corrected chi connectivity index (χ2v) is 8.42. The predicted molar refractivity (Wildman–Crippen MR) is 110 cm³/mol. The maximum absolute atomic E-state index is 13.6. The molecule has 2 amide bonds. The van der Waals surface area contributed by atoms with Gasteiger partial charge in [-0.15, -0.1) is 0 Å². The van der Waals surface area contributed by atoms with Crippen LogP contribution in [0.1, 0.15) is 42.4 Å². The van der Waals surface area contributed by atoms with E-state index in [4.69, 9.17) is 4.74 Å². The lowest BCUT2D eigenvalue weighted by Crippen LogP contribution is -2.33. The van der Waals surface area contributed by atoms with E-state index in [1.54, 1.807) is 13.2 Å². The zero-order chi connectivity index (χ0) is 19.7. The number of methoxy groups -OCH3 is 1. The highest BCUT2D eigenvalue weighted by atomic mass is 16.5. The zero-order valence-corrected chi connectivity index (χ0v) is 16.2. The number of ether oxygens (including phenoxy) is 1. The fourth-order valence-electron chi connectivity index (χ4n) is 6.04. The second kappa shape index (κ2) is 5.96. The van der Waals surface area contributed by atoms with Crippen LogP contribution in [0.2, 0.25) is 0 Å². The molecule has 1 saturated heterocycles. The van der Waals surface area contributed by atoms with Crippen molar-refractivity contribution in [3.8, 4) is 5.75 Å². The van der Waals surface area contributed by atoms with Crippen LogP contribution in [-0.2, 0) is 9.59 Å². The lowest BCUT2D eigenvalue weighted by Gasteiger charge is -2.33. The molecule has 1 saturated carbocycles. The number of hydrogen-bond donors (Lipinski definition) is 1. The third-order valence-electron chi connectivity index (χ3n) is 7.15. The third-order valence-corrected chi connectivity index (χ3v) is 7.15. The van der Waals surface area contributed by atoms with E-state index in [0.717, 1.165) is 30.5 Å². The molecule has 1 aliphatic heterocycles. The van der Waals surface area contributed by atoms with Crippen LogP contribution in [0.4, 0.5) is 5.69 Å². The summed E-state index contributed by atoms with van der Waals surface area (Å²) in [6.07, 6.45) is 3.21. The normalized spacial score (nSPS) is 27.8. The summed E-state index contributed by atoms with van der Waals surface area (Å²) in [6, 6.07) is 15.5. The van der Waals surface area contributed by atoms with Crippen molar-refractivity contribution >= 4 is 28.4 Å². The van der Waals surface area contributed by atoms with Gasteiger partial charge in [-0.05, 0) is 48.4 Å². The van der Waals surface area contributed by atoms with E-state index in [0.29, 0.717) is 17.4 Å². The molecule has 2 aromatic carbocycles. The molecule has 2 aliphatic carbocycles. The molecule has 2 fully saturated rings. The van der Waals surface area contributed by atoms with Gasteiger partial charge in [0.05, 0.1) is 24.6 Å². The molecule has 3 aromatic rings. The Morgan fingerprint density at radius 1 is 1.03 bits per heavy atom. The zero-order valence-electron chi connectivity index (χ0n) is 16.2. The number of aromatic amines is 1. The second-order valence-electron chi connectivity index (χ2n) is 8.42. The summed E-state index contributed by atoms with van der Waals surface area (Å²) in [6.45, 7) is 0. The van der Waals surface area contributed by atoms with Crippen molar-refractivity contribution in [2.75, 3.05) is 12.0 Å². The molecule has 0 bridgehead atoms. The van der Waals surface area contributed by atoms with E-state index in [1.165, 1.54) is 15.8 Å². The summed E-state index contributed by atoms with van der Waals surface area (Å²) in [4.78, 5) is 32.1. The third kappa shape index (κ3) is 2.16. The number of para-hydroxylation sites is 1. The lowest BCUT2D eigenvalue weighted by atomic mass is 9.67. The first-order valence-corrected chi connectivity index (χ1v) is 10.3. The van der Waals surface area contributed by atoms with Gasteiger partial charge in [0, 0.05) is 22.7 Å². The summed E-state index contributed by atoms with van der Waals surface area (Å²) in [5.74, 6) is 0.351. The van der Waals surface area contributed by atoms with Crippen molar-refractivity contribution in [2.45, 2.75) is 31.1 Å². The first-order chi connectivity index (χ1) is 14.2. The first-order valence-electron chi connectivity index (χ1n) is 10.3. The monoisotopic (exact) mass is 386 g/mol.